The van der Waals surface area contributed by atoms with Crippen molar-refractivity contribution in [1.29, 1.82) is 0 Å². The molecule has 0 aliphatic heterocycles. The Bertz CT molecular complexity index is 381. The Morgan fingerprint density at radius 2 is 2.19 bits per heavy atom. The van der Waals surface area contributed by atoms with Crippen molar-refractivity contribution in [2.75, 3.05) is 6.61 Å². The van der Waals surface area contributed by atoms with Crippen molar-refractivity contribution in [3.8, 4) is 5.75 Å². The fourth-order valence-electron chi connectivity index (χ4n) is 0.993. The smallest absolute Gasteiger partial charge is 0.373 e. The molecular formula is C10H10Cl2O4. The van der Waals surface area contributed by atoms with Crippen LogP contribution in [0.2, 0.25) is 10.0 Å². The molecule has 1 atom stereocenters. The van der Waals surface area contributed by atoms with Crippen LogP contribution in [0.1, 0.15) is 6.92 Å². The lowest BCUT2D eigenvalue weighted by molar-refractivity contribution is -0.170. The minimum atomic E-state index is -1.37. The Kier molecular flexibility index (Phi) is 4.86. The van der Waals surface area contributed by atoms with Crippen LogP contribution < -0.4 is 4.74 Å². The third-order valence-electron chi connectivity index (χ3n) is 1.65. The summed E-state index contributed by atoms with van der Waals surface area (Å²) in [5.74, 6) is -1.00. The summed E-state index contributed by atoms with van der Waals surface area (Å²) >= 11 is 11.5. The Morgan fingerprint density at radius 3 is 2.69 bits per heavy atom. The van der Waals surface area contributed by atoms with Crippen LogP contribution >= 0.6 is 23.2 Å². The lowest BCUT2D eigenvalue weighted by Crippen LogP contribution is -2.30. The molecule has 0 fully saturated rings. The topological polar surface area (TPSA) is 55.8 Å². The van der Waals surface area contributed by atoms with Gasteiger partial charge in [0, 0.05) is 11.6 Å². The molecule has 0 radical (unpaired) electrons. The first kappa shape index (κ1) is 13.1. The third kappa shape index (κ3) is 3.56. The zero-order valence-electron chi connectivity index (χ0n) is 8.44. The van der Waals surface area contributed by atoms with Gasteiger partial charge in [-0.05, 0) is 25.1 Å². The molecule has 0 heterocycles. The lowest BCUT2D eigenvalue weighted by atomic mass is 10.3. The van der Waals surface area contributed by atoms with Crippen molar-refractivity contribution in [3.63, 3.8) is 0 Å². The summed E-state index contributed by atoms with van der Waals surface area (Å²) in [6.45, 7) is 1.89. The van der Waals surface area contributed by atoms with Gasteiger partial charge in [0.15, 0.2) is 0 Å². The monoisotopic (exact) mass is 264 g/mol. The molecule has 0 aliphatic rings. The third-order valence-corrected chi connectivity index (χ3v) is 2.18. The maximum Gasteiger partial charge on any atom is 0.373 e. The Hall–Kier alpha value is -0.970. The summed E-state index contributed by atoms with van der Waals surface area (Å²) in [6.07, 6.45) is -1.37. The maximum absolute atomic E-state index is 10.8. The van der Waals surface area contributed by atoms with Crippen LogP contribution in [0, 0.1) is 0 Å². The summed E-state index contributed by atoms with van der Waals surface area (Å²) in [6, 6.07) is 4.50. The van der Waals surface area contributed by atoms with Gasteiger partial charge < -0.3 is 14.6 Å². The second kappa shape index (κ2) is 5.94. The molecule has 0 spiro atoms. The number of carbonyl (C=O) groups is 1. The second-order valence-corrected chi connectivity index (χ2v) is 3.66. The molecule has 16 heavy (non-hydrogen) atoms. The average Bonchev–Trinajstić information content (AvgIpc) is 2.20. The molecule has 1 aromatic rings. The summed E-state index contributed by atoms with van der Waals surface area (Å²) in [5, 5.41) is 9.47. The molecule has 1 rings (SSSR count). The molecule has 0 saturated heterocycles. The number of aliphatic carboxylic acids is 1. The summed E-state index contributed by atoms with van der Waals surface area (Å²) in [5.41, 5.74) is 0. The number of hydrogen-bond donors (Lipinski definition) is 1. The number of carboxylic acid groups (broad SMARTS) is 1. The highest BCUT2D eigenvalue weighted by molar-refractivity contribution is 6.35. The van der Waals surface area contributed by atoms with E-state index in [4.69, 9.17) is 37.8 Å². The quantitative estimate of drug-likeness (QED) is 0.831. The van der Waals surface area contributed by atoms with Gasteiger partial charge in [0.05, 0.1) is 5.02 Å². The molecule has 0 bridgehead atoms. The number of halogens is 2. The van der Waals surface area contributed by atoms with E-state index in [1.54, 1.807) is 13.0 Å². The van der Waals surface area contributed by atoms with E-state index in [0.29, 0.717) is 5.02 Å². The predicted octanol–water partition coefficient (Wildman–Crippen LogP) is 2.82. The van der Waals surface area contributed by atoms with Gasteiger partial charge >= 0.3 is 5.97 Å². The Labute approximate surface area is 103 Å². The van der Waals surface area contributed by atoms with Gasteiger partial charge in [-0.15, -0.1) is 0 Å². The van der Waals surface area contributed by atoms with Crippen molar-refractivity contribution in [3.05, 3.63) is 28.2 Å². The molecule has 0 aliphatic carbocycles. The van der Waals surface area contributed by atoms with E-state index in [9.17, 15) is 4.79 Å². The van der Waals surface area contributed by atoms with E-state index in [-0.39, 0.29) is 17.4 Å². The van der Waals surface area contributed by atoms with Gasteiger partial charge in [0.1, 0.15) is 5.75 Å². The van der Waals surface area contributed by atoms with Crippen LogP contribution in [-0.4, -0.2) is 24.0 Å². The predicted molar refractivity (Wildman–Crippen MR) is 60.1 cm³/mol. The van der Waals surface area contributed by atoms with Gasteiger partial charge in [0.2, 0.25) is 0 Å². The van der Waals surface area contributed by atoms with Gasteiger partial charge in [-0.25, -0.2) is 4.79 Å². The molecule has 88 valence electrons. The van der Waals surface area contributed by atoms with Crippen LogP contribution in [0.15, 0.2) is 18.2 Å². The van der Waals surface area contributed by atoms with Crippen molar-refractivity contribution < 1.29 is 19.4 Å². The van der Waals surface area contributed by atoms with Gasteiger partial charge in [-0.1, -0.05) is 23.2 Å². The molecule has 0 amide bonds. The average molecular weight is 265 g/mol. The number of benzene rings is 1. The SMILES string of the molecule is CCOC(Oc1ccc(Cl)cc1Cl)C(=O)O. The molecule has 1 aromatic carbocycles. The zero-order valence-corrected chi connectivity index (χ0v) is 9.96. The molecular weight excluding hydrogens is 255 g/mol. The van der Waals surface area contributed by atoms with Crippen LogP contribution in [-0.2, 0) is 9.53 Å². The van der Waals surface area contributed by atoms with Crippen LogP contribution in [0.3, 0.4) is 0 Å². The molecule has 6 heteroatoms. The molecule has 4 nitrogen and oxygen atoms in total. The van der Waals surface area contributed by atoms with Gasteiger partial charge in [-0.2, -0.15) is 0 Å². The van der Waals surface area contributed by atoms with E-state index < -0.39 is 12.3 Å². The van der Waals surface area contributed by atoms with Crippen molar-refractivity contribution in [1.82, 2.24) is 0 Å². The highest BCUT2D eigenvalue weighted by Gasteiger charge is 2.20. The first-order chi connectivity index (χ1) is 7.54. The van der Waals surface area contributed by atoms with Crippen LogP contribution in [0.25, 0.3) is 0 Å². The first-order valence-electron chi connectivity index (χ1n) is 4.50. The fraction of sp³-hybridized carbons (Fsp3) is 0.300. The Morgan fingerprint density at radius 1 is 1.50 bits per heavy atom. The van der Waals surface area contributed by atoms with E-state index in [0.717, 1.165) is 0 Å². The molecule has 1 unspecified atom stereocenters. The van der Waals surface area contributed by atoms with Gasteiger partial charge in [0.25, 0.3) is 6.29 Å². The van der Waals surface area contributed by atoms with Crippen LogP contribution in [0.5, 0.6) is 5.75 Å². The summed E-state index contributed by atoms with van der Waals surface area (Å²) < 4.78 is 9.97. The van der Waals surface area contributed by atoms with E-state index in [1.807, 2.05) is 0 Å². The van der Waals surface area contributed by atoms with Crippen LogP contribution in [0.4, 0.5) is 0 Å². The fourth-order valence-corrected chi connectivity index (χ4v) is 1.45. The number of hydrogen-bond acceptors (Lipinski definition) is 3. The number of ether oxygens (including phenoxy) is 2. The van der Waals surface area contributed by atoms with Crippen molar-refractivity contribution >= 4 is 29.2 Å². The minimum absolute atomic E-state index is 0.215. The van der Waals surface area contributed by atoms with Crippen molar-refractivity contribution in [2.24, 2.45) is 0 Å². The maximum atomic E-state index is 10.8. The standard InChI is InChI=1S/C10H10Cl2O4/c1-2-15-10(9(13)14)16-8-4-3-6(11)5-7(8)12/h3-5,10H,2H2,1H3,(H,13,14). The second-order valence-electron chi connectivity index (χ2n) is 2.82. The van der Waals surface area contributed by atoms with E-state index in [2.05, 4.69) is 0 Å². The summed E-state index contributed by atoms with van der Waals surface area (Å²) in [7, 11) is 0. The summed E-state index contributed by atoms with van der Waals surface area (Å²) in [4.78, 5) is 10.8. The molecule has 0 saturated carbocycles. The van der Waals surface area contributed by atoms with Crippen molar-refractivity contribution in [2.45, 2.75) is 13.2 Å². The first-order valence-corrected chi connectivity index (χ1v) is 5.26. The zero-order chi connectivity index (χ0) is 12.1. The van der Waals surface area contributed by atoms with Gasteiger partial charge in [-0.3, -0.25) is 0 Å². The largest absolute Gasteiger partial charge is 0.477 e. The number of carboxylic acids is 1. The van der Waals surface area contributed by atoms with E-state index >= 15 is 0 Å². The normalized spacial score (nSPS) is 12.2. The highest BCUT2D eigenvalue weighted by Crippen LogP contribution is 2.28. The number of rotatable bonds is 5. The lowest BCUT2D eigenvalue weighted by Gasteiger charge is -2.15. The minimum Gasteiger partial charge on any atom is -0.477 e. The van der Waals surface area contributed by atoms with E-state index in [1.165, 1.54) is 12.1 Å². The molecule has 0 aromatic heterocycles. The molecule has 1 N–H and O–H groups in total. The Balaban J connectivity index is 2.81. The highest BCUT2D eigenvalue weighted by atomic mass is 35.5.